The van der Waals surface area contributed by atoms with Crippen molar-refractivity contribution >= 4 is 52.2 Å². The van der Waals surface area contributed by atoms with E-state index in [0.717, 1.165) is 5.56 Å². The summed E-state index contributed by atoms with van der Waals surface area (Å²) >= 11 is 18.3. The fourth-order valence-electron chi connectivity index (χ4n) is 3.09. The fourth-order valence-corrected chi connectivity index (χ4v) is 3.72. The molecule has 1 N–H and O–H groups in total. The summed E-state index contributed by atoms with van der Waals surface area (Å²) in [6.45, 7) is 1.94. The van der Waals surface area contributed by atoms with E-state index < -0.39 is 5.97 Å². The quantitative estimate of drug-likeness (QED) is 0.722. The summed E-state index contributed by atoms with van der Waals surface area (Å²) in [4.78, 5) is 11.7. The zero-order valence-corrected chi connectivity index (χ0v) is 15.6. The van der Waals surface area contributed by atoms with Gasteiger partial charge in [0.1, 0.15) is 0 Å². The molecule has 130 valence electrons. The lowest BCUT2D eigenvalue weighted by Gasteiger charge is -2.28. The van der Waals surface area contributed by atoms with Gasteiger partial charge in [-0.1, -0.05) is 53.9 Å². The van der Waals surface area contributed by atoms with E-state index in [0.29, 0.717) is 27.2 Å². The van der Waals surface area contributed by atoms with Gasteiger partial charge in [-0.15, -0.1) is 0 Å². The molecule has 1 heterocycles. The molecule has 0 saturated heterocycles. The predicted molar refractivity (Wildman–Crippen MR) is 102 cm³/mol. The molecule has 2 atom stereocenters. The van der Waals surface area contributed by atoms with Crippen molar-refractivity contribution < 1.29 is 9.90 Å². The zero-order chi connectivity index (χ0) is 18.1. The maximum absolute atomic E-state index is 11.7. The van der Waals surface area contributed by atoms with Crippen molar-refractivity contribution in [1.82, 2.24) is 0 Å². The van der Waals surface area contributed by atoms with E-state index in [4.69, 9.17) is 34.8 Å². The standard InChI is InChI=1S/C18H15Cl3N2O2/c1-2-13-16(18(24)25)22-23(15-8-7-12(20)9-14(15)21)17(13)10-3-5-11(19)6-4-10/h3-9,13,17H,2H2,1H3,(H,24,25). The van der Waals surface area contributed by atoms with Gasteiger partial charge in [0.25, 0.3) is 0 Å². The van der Waals surface area contributed by atoms with E-state index in [1.54, 1.807) is 35.3 Å². The Labute approximate surface area is 160 Å². The first-order valence-electron chi connectivity index (χ1n) is 7.74. The van der Waals surface area contributed by atoms with Crippen molar-refractivity contribution in [3.63, 3.8) is 0 Å². The molecule has 0 spiro atoms. The molecule has 7 heteroatoms. The van der Waals surface area contributed by atoms with E-state index in [1.807, 2.05) is 19.1 Å². The maximum atomic E-state index is 11.7. The Hall–Kier alpha value is -1.75. The number of halogens is 3. The van der Waals surface area contributed by atoms with Crippen molar-refractivity contribution in [1.29, 1.82) is 0 Å². The summed E-state index contributed by atoms with van der Waals surface area (Å²) in [5, 5.41) is 17.1. The molecule has 3 rings (SSSR count). The van der Waals surface area contributed by atoms with Crippen LogP contribution >= 0.6 is 34.8 Å². The number of hydrogen-bond donors (Lipinski definition) is 1. The Balaban J connectivity index is 2.13. The first-order chi connectivity index (χ1) is 11.9. The number of aliphatic carboxylic acids is 1. The number of benzene rings is 2. The van der Waals surface area contributed by atoms with Crippen molar-refractivity contribution in [2.45, 2.75) is 19.4 Å². The minimum absolute atomic E-state index is 0.119. The Bertz CT molecular complexity index is 837. The van der Waals surface area contributed by atoms with Gasteiger partial charge in [-0.3, -0.25) is 5.01 Å². The topological polar surface area (TPSA) is 52.9 Å². The highest BCUT2D eigenvalue weighted by Gasteiger charge is 2.41. The molecule has 0 fully saturated rings. The molecule has 2 unspecified atom stereocenters. The van der Waals surface area contributed by atoms with Gasteiger partial charge < -0.3 is 5.11 Å². The second-order valence-electron chi connectivity index (χ2n) is 5.74. The van der Waals surface area contributed by atoms with Crippen LogP contribution in [0.15, 0.2) is 47.6 Å². The molecule has 0 aromatic heterocycles. The molecule has 2 aromatic rings. The number of hydrazone groups is 1. The lowest BCUT2D eigenvalue weighted by Crippen LogP contribution is -2.27. The van der Waals surface area contributed by atoms with Gasteiger partial charge in [-0.25, -0.2) is 4.79 Å². The minimum atomic E-state index is -1.03. The maximum Gasteiger partial charge on any atom is 0.352 e. The molecule has 25 heavy (non-hydrogen) atoms. The second-order valence-corrected chi connectivity index (χ2v) is 7.02. The molecule has 2 aromatic carbocycles. The van der Waals surface area contributed by atoms with Crippen molar-refractivity contribution in [3.8, 4) is 0 Å². The third-order valence-corrected chi connectivity index (χ3v) is 5.03. The predicted octanol–water partition coefficient (Wildman–Crippen LogP) is 5.67. The highest BCUT2D eigenvalue weighted by Crippen LogP contribution is 2.43. The molecule has 0 bridgehead atoms. The summed E-state index contributed by atoms with van der Waals surface area (Å²) in [7, 11) is 0. The van der Waals surface area contributed by atoms with Gasteiger partial charge in [-0.2, -0.15) is 5.10 Å². The van der Waals surface area contributed by atoms with Crippen LogP contribution in [0, 0.1) is 5.92 Å². The first kappa shape index (κ1) is 18.1. The molecule has 0 amide bonds. The zero-order valence-electron chi connectivity index (χ0n) is 13.3. The van der Waals surface area contributed by atoms with E-state index in [2.05, 4.69) is 5.10 Å². The first-order valence-corrected chi connectivity index (χ1v) is 8.87. The molecule has 1 aliphatic heterocycles. The Morgan fingerprint density at radius 2 is 1.76 bits per heavy atom. The van der Waals surface area contributed by atoms with Crippen molar-refractivity contribution in [2.75, 3.05) is 5.01 Å². The number of anilines is 1. The number of carboxylic acid groups (broad SMARTS) is 1. The molecular weight excluding hydrogens is 383 g/mol. The molecule has 1 aliphatic rings. The van der Waals surface area contributed by atoms with Crippen LogP contribution in [0.2, 0.25) is 15.1 Å². The summed E-state index contributed by atoms with van der Waals surface area (Å²) in [6.07, 6.45) is 0.625. The van der Waals surface area contributed by atoms with E-state index in [1.165, 1.54) is 0 Å². The van der Waals surface area contributed by atoms with Crippen LogP contribution in [0.25, 0.3) is 0 Å². The molecular formula is C18H15Cl3N2O2. The molecule has 4 nitrogen and oxygen atoms in total. The highest BCUT2D eigenvalue weighted by atomic mass is 35.5. The van der Waals surface area contributed by atoms with Crippen LogP contribution in [0.5, 0.6) is 0 Å². The van der Waals surface area contributed by atoms with E-state index >= 15 is 0 Å². The monoisotopic (exact) mass is 396 g/mol. The van der Waals surface area contributed by atoms with Gasteiger partial charge in [0.15, 0.2) is 5.71 Å². The van der Waals surface area contributed by atoms with E-state index in [9.17, 15) is 9.90 Å². The average Bonchev–Trinajstić information content (AvgIpc) is 2.95. The van der Waals surface area contributed by atoms with Gasteiger partial charge in [0, 0.05) is 16.0 Å². The van der Waals surface area contributed by atoms with Crippen LogP contribution in [0.1, 0.15) is 24.9 Å². The summed E-state index contributed by atoms with van der Waals surface area (Å²) in [5.74, 6) is -1.30. The Morgan fingerprint density at radius 1 is 1.12 bits per heavy atom. The molecule has 0 saturated carbocycles. The SMILES string of the molecule is CCC1C(C(=O)O)=NN(c2ccc(Cl)cc2Cl)C1c1ccc(Cl)cc1. The van der Waals surface area contributed by atoms with E-state index in [-0.39, 0.29) is 17.7 Å². The Kier molecular flexibility index (Phi) is 5.23. The van der Waals surface area contributed by atoms with Crippen molar-refractivity contribution in [3.05, 3.63) is 63.1 Å². The average molecular weight is 398 g/mol. The second kappa shape index (κ2) is 7.24. The van der Waals surface area contributed by atoms with Gasteiger partial charge in [-0.05, 0) is 42.3 Å². The number of carbonyl (C=O) groups is 1. The van der Waals surface area contributed by atoms with Crippen LogP contribution in [-0.2, 0) is 4.79 Å². The van der Waals surface area contributed by atoms with Crippen LogP contribution in [0.4, 0.5) is 5.69 Å². The summed E-state index contributed by atoms with van der Waals surface area (Å²) in [5.41, 5.74) is 1.65. The smallest absolute Gasteiger partial charge is 0.352 e. The van der Waals surface area contributed by atoms with Crippen molar-refractivity contribution in [2.24, 2.45) is 11.0 Å². The van der Waals surface area contributed by atoms with Gasteiger partial charge in [0.05, 0.1) is 16.8 Å². The number of rotatable bonds is 4. The van der Waals surface area contributed by atoms with Gasteiger partial charge >= 0.3 is 5.97 Å². The normalized spacial score (nSPS) is 19.8. The van der Waals surface area contributed by atoms with Crippen LogP contribution in [-0.4, -0.2) is 16.8 Å². The molecule has 0 radical (unpaired) electrons. The summed E-state index contributed by atoms with van der Waals surface area (Å²) < 4.78 is 0. The minimum Gasteiger partial charge on any atom is -0.477 e. The van der Waals surface area contributed by atoms with Crippen LogP contribution < -0.4 is 5.01 Å². The van der Waals surface area contributed by atoms with Crippen LogP contribution in [0.3, 0.4) is 0 Å². The number of nitrogens with zero attached hydrogens (tertiary/aromatic N) is 2. The highest BCUT2D eigenvalue weighted by molar-refractivity contribution is 6.38. The number of carboxylic acids is 1. The number of hydrogen-bond acceptors (Lipinski definition) is 3. The largest absolute Gasteiger partial charge is 0.477 e. The van der Waals surface area contributed by atoms with Gasteiger partial charge in [0.2, 0.25) is 0 Å². The third-order valence-electron chi connectivity index (χ3n) is 4.24. The molecule has 0 aliphatic carbocycles. The fraction of sp³-hybridized carbons (Fsp3) is 0.222. The lowest BCUT2D eigenvalue weighted by molar-refractivity contribution is -0.129. The Morgan fingerprint density at radius 3 is 2.32 bits per heavy atom. The summed E-state index contributed by atoms with van der Waals surface area (Å²) in [6, 6.07) is 12.1. The lowest BCUT2D eigenvalue weighted by atomic mass is 9.88. The third kappa shape index (κ3) is 3.47.